The van der Waals surface area contributed by atoms with Crippen LogP contribution in [0.2, 0.25) is 0 Å². The van der Waals surface area contributed by atoms with Crippen LogP contribution in [-0.2, 0) is 6.54 Å². The van der Waals surface area contributed by atoms with Crippen LogP contribution in [0.4, 0.5) is 5.69 Å². The Balaban J connectivity index is 1.53. The Labute approximate surface area is 123 Å². The molecule has 1 aromatic rings. The summed E-state index contributed by atoms with van der Waals surface area (Å²) in [4.78, 5) is 2.53. The Kier molecular flexibility index (Phi) is 4.62. The lowest BCUT2D eigenvalue weighted by atomic mass is 10.1. The van der Waals surface area contributed by atoms with E-state index in [0.717, 1.165) is 18.5 Å². The van der Waals surface area contributed by atoms with E-state index in [4.69, 9.17) is 0 Å². The summed E-state index contributed by atoms with van der Waals surface area (Å²) >= 11 is 0. The molecule has 1 N–H and O–H groups in total. The first-order chi connectivity index (χ1) is 9.83. The lowest BCUT2D eigenvalue weighted by Crippen LogP contribution is -2.30. The van der Waals surface area contributed by atoms with E-state index < -0.39 is 0 Å². The minimum Gasteiger partial charge on any atom is -0.372 e. The molecule has 0 spiro atoms. The van der Waals surface area contributed by atoms with E-state index in [1.165, 1.54) is 62.9 Å². The topological polar surface area (TPSA) is 15.3 Å². The molecule has 1 saturated carbocycles. The van der Waals surface area contributed by atoms with Crippen LogP contribution in [0.1, 0.15) is 51.0 Å². The lowest BCUT2D eigenvalue weighted by molar-refractivity contribution is 0.426. The van der Waals surface area contributed by atoms with Crippen LogP contribution in [0.5, 0.6) is 0 Å². The highest BCUT2D eigenvalue weighted by Crippen LogP contribution is 2.25. The number of rotatable bonds is 4. The first-order valence-electron chi connectivity index (χ1n) is 8.40. The summed E-state index contributed by atoms with van der Waals surface area (Å²) < 4.78 is 0. The summed E-state index contributed by atoms with van der Waals surface area (Å²) in [5, 5.41) is 3.73. The first-order valence-corrected chi connectivity index (χ1v) is 8.40. The normalized spacial score (nSPS) is 26.9. The fourth-order valence-corrected chi connectivity index (χ4v) is 3.67. The zero-order chi connectivity index (χ0) is 13.8. The molecular formula is C18H28N2. The molecule has 3 rings (SSSR count). The molecule has 0 aromatic heterocycles. The fraction of sp³-hybridized carbons (Fsp3) is 0.667. The van der Waals surface area contributed by atoms with Gasteiger partial charge in [-0.25, -0.2) is 0 Å². The van der Waals surface area contributed by atoms with Crippen molar-refractivity contribution in [2.24, 2.45) is 5.92 Å². The highest BCUT2D eigenvalue weighted by Gasteiger charge is 2.22. The second-order valence-electron chi connectivity index (χ2n) is 6.61. The van der Waals surface area contributed by atoms with Crippen molar-refractivity contribution in [3.05, 3.63) is 29.8 Å². The third kappa shape index (κ3) is 3.35. The molecule has 2 nitrogen and oxygen atoms in total. The largest absolute Gasteiger partial charge is 0.372 e. The van der Waals surface area contributed by atoms with Gasteiger partial charge in [-0.1, -0.05) is 25.5 Å². The molecule has 2 unspecified atom stereocenters. The molecule has 2 aliphatic rings. The maximum absolute atomic E-state index is 3.73. The van der Waals surface area contributed by atoms with Gasteiger partial charge >= 0.3 is 0 Å². The van der Waals surface area contributed by atoms with E-state index in [1.807, 2.05) is 0 Å². The summed E-state index contributed by atoms with van der Waals surface area (Å²) in [6.07, 6.45) is 8.25. The molecule has 1 saturated heterocycles. The molecule has 1 aromatic carbocycles. The van der Waals surface area contributed by atoms with Crippen LogP contribution in [-0.4, -0.2) is 19.1 Å². The van der Waals surface area contributed by atoms with Crippen molar-refractivity contribution < 1.29 is 0 Å². The van der Waals surface area contributed by atoms with Gasteiger partial charge in [0, 0.05) is 31.4 Å². The Bertz CT molecular complexity index is 406. The molecule has 2 heteroatoms. The van der Waals surface area contributed by atoms with Crippen molar-refractivity contribution in [3.63, 3.8) is 0 Å². The Morgan fingerprint density at radius 1 is 1.00 bits per heavy atom. The predicted molar refractivity (Wildman–Crippen MR) is 86.1 cm³/mol. The quantitative estimate of drug-likeness (QED) is 0.892. The minimum atomic E-state index is 0.733. The average Bonchev–Trinajstić information content (AvgIpc) is 2.92. The maximum atomic E-state index is 3.73. The van der Waals surface area contributed by atoms with Crippen LogP contribution in [0, 0.1) is 5.92 Å². The van der Waals surface area contributed by atoms with E-state index in [-0.39, 0.29) is 0 Å². The van der Waals surface area contributed by atoms with Crippen molar-refractivity contribution in [1.82, 2.24) is 5.32 Å². The number of nitrogens with one attached hydrogen (secondary N) is 1. The molecule has 0 amide bonds. The van der Waals surface area contributed by atoms with Gasteiger partial charge in [0.05, 0.1) is 0 Å². The zero-order valence-corrected chi connectivity index (χ0v) is 12.8. The van der Waals surface area contributed by atoms with Gasteiger partial charge in [0.15, 0.2) is 0 Å². The van der Waals surface area contributed by atoms with E-state index in [1.54, 1.807) is 0 Å². The second-order valence-corrected chi connectivity index (χ2v) is 6.61. The zero-order valence-electron chi connectivity index (χ0n) is 12.8. The van der Waals surface area contributed by atoms with Gasteiger partial charge in [-0.2, -0.15) is 0 Å². The lowest BCUT2D eigenvalue weighted by Gasteiger charge is -2.29. The number of hydrogen-bond donors (Lipinski definition) is 1. The Hall–Kier alpha value is -1.02. The molecule has 1 heterocycles. The molecule has 20 heavy (non-hydrogen) atoms. The average molecular weight is 272 g/mol. The van der Waals surface area contributed by atoms with Crippen molar-refractivity contribution >= 4 is 5.69 Å². The van der Waals surface area contributed by atoms with Crippen LogP contribution in [0.3, 0.4) is 0 Å². The SMILES string of the molecule is CC1CCCC1NCc1ccc(N2CCCCC2)cc1. The number of hydrogen-bond acceptors (Lipinski definition) is 2. The molecule has 2 fully saturated rings. The van der Waals surface area contributed by atoms with Gasteiger partial charge in [-0.05, 0) is 55.7 Å². The van der Waals surface area contributed by atoms with E-state index in [0.29, 0.717) is 0 Å². The van der Waals surface area contributed by atoms with E-state index in [9.17, 15) is 0 Å². The van der Waals surface area contributed by atoms with Gasteiger partial charge in [-0.3, -0.25) is 0 Å². The Morgan fingerprint density at radius 3 is 2.40 bits per heavy atom. The summed E-state index contributed by atoms with van der Waals surface area (Å²) in [7, 11) is 0. The summed E-state index contributed by atoms with van der Waals surface area (Å²) in [6.45, 7) is 5.87. The predicted octanol–water partition coefficient (Wildman–Crippen LogP) is 3.96. The minimum absolute atomic E-state index is 0.733. The maximum Gasteiger partial charge on any atom is 0.0366 e. The van der Waals surface area contributed by atoms with Crippen LogP contribution in [0.25, 0.3) is 0 Å². The highest BCUT2D eigenvalue weighted by atomic mass is 15.1. The highest BCUT2D eigenvalue weighted by molar-refractivity contribution is 5.47. The standard InChI is InChI=1S/C18H28N2/c1-15-6-5-7-18(15)19-14-16-8-10-17(11-9-16)20-12-3-2-4-13-20/h8-11,15,18-19H,2-7,12-14H2,1H3. The monoisotopic (exact) mass is 272 g/mol. The number of anilines is 1. The molecule has 1 aliphatic carbocycles. The van der Waals surface area contributed by atoms with Crippen LogP contribution < -0.4 is 10.2 Å². The second kappa shape index (κ2) is 6.62. The van der Waals surface area contributed by atoms with Gasteiger partial charge in [0.2, 0.25) is 0 Å². The van der Waals surface area contributed by atoms with Gasteiger partial charge in [-0.15, -0.1) is 0 Å². The number of benzene rings is 1. The van der Waals surface area contributed by atoms with E-state index >= 15 is 0 Å². The molecule has 2 atom stereocenters. The van der Waals surface area contributed by atoms with Crippen molar-refractivity contribution in [2.75, 3.05) is 18.0 Å². The summed E-state index contributed by atoms with van der Waals surface area (Å²) in [5.74, 6) is 0.850. The smallest absolute Gasteiger partial charge is 0.0366 e. The van der Waals surface area contributed by atoms with Crippen LogP contribution >= 0.6 is 0 Å². The van der Waals surface area contributed by atoms with Gasteiger partial charge in [0.25, 0.3) is 0 Å². The Morgan fingerprint density at radius 2 is 1.75 bits per heavy atom. The van der Waals surface area contributed by atoms with Crippen LogP contribution in [0.15, 0.2) is 24.3 Å². The van der Waals surface area contributed by atoms with E-state index in [2.05, 4.69) is 41.4 Å². The first kappa shape index (κ1) is 13.9. The summed E-state index contributed by atoms with van der Waals surface area (Å²) in [6, 6.07) is 9.95. The fourth-order valence-electron chi connectivity index (χ4n) is 3.67. The molecule has 0 bridgehead atoms. The third-order valence-corrected chi connectivity index (χ3v) is 5.09. The molecule has 0 radical (unpaired) electrons. The molecule has 1 aliphatic heterocycles. The molecular weight excluding hydrogens is 244 g/mol. The van der Waals surface area contributed by atoms with Gasteiger partial charge < -0.3 is 10.2 Å². The van der Waals surface area contributed by atoms with Gasteiger partial charge in [0.1, 0.15) is 0 Å². The number of nitrogens with zero attached hydrogens (tertiary/aromatic N) is 1. The van der Waals surface area contributed by atoms with Crippen molar-refractivity contribution in [2.45, 2.75) is 58.0 Å². The van der Waals surface area contributed by atoms with Crippen molar-refractivity contribution in [3.8, 4) is 0 Å². The summed E-state index contributed by atoms with van der Waals surface area (Å²) in [5.41, 5.74) is 2.83. The molecule has 110 valence electrons. The van der Waals surface area contributed by atoms with Crippen molar-refractivity contribution in [1.29, 1.82) is 0 Å². The third-order valence-electron chi connectivity index (χ3n) is 5.09. The number of piperidine rings is 1.